The van der Waals surface area contributed by atoms with Gasteiger partial charge in [0, 0.05) is 0 Å². The number of carbonyl (C=O) groups excluding carboxylic acids is 2. The van der Waals surface area contributed by atoms with Crippen molar-refractivity contribution in [2.24, 2.45) is 0 Å². The van der Waals surface area contributed by atoms with Crippen molar-refractivity contribution in [1.29, 1.82) is 0 Å². The third kappa shape index (κ3) is 4.54. The number of ether oxygens (including phenoxy) is 2. The van der Waals surface area contributed by atoms with E-state index in [-0.39, 0.29) is 24.5 Å². The molecule has 25 heavy (non-hydrogen) atoms. The van der Waals surface area contributed by atoms with Crippen LogP contribution in [0.25, 0.3) is 0 Å². The van der Waals surface area contributed by atoms with E-state index in [1.807, 2.05) is 0 Å². The third-order valence-corrected chi connectivity index (χ3v) is 3.74. The van der Waals surface area contributed by atoms with Crippen LogP contribution in [0.1, 0.15) is 41.8 Å². The first-order chi connectivity index (χ1) is 12.0. The molecule has 0 aliphatic carbocycles. The lowest BCUT2D eigenvalue weighted by Crippen LogP contribution is -2.23. The summed E-state index contributed by atoms with van der Waals surface area (Å²) in [7, 11) is 0. The van der Waals surface area contributed by atoms with Crippen molar-refractivity contribution in [3.8, 4) is 0 Å². The lowest BCUT2D eigenvalue weighted by molar-refractivity contribution is -0.144. The lowest BCUT2D eigenvalue weighted by Gasteiger charge is -2.17. The fraction of sp³-hybridized carbons (Fsp3) is 0.333. The molecule has 1 heterocycles. The predicted molar refractivity (Wildman–Crippen MR) is 93.9 cm³/mol. The van der Waals surface area contributed by atoms with Crippen molar-refractivity contribution in [2.45, 2.75) is 26.8 Å². The smallest absolute Gasteiger partial charge is 0.341 e. The summed E-state index contributed by atoms with van der Waals surface area (Å²) in [6, 6.07) is 7.54. The normalized spacial score (nSPS) is 11.7. The van der Waals surface area contributed by atoms with Gasteiger partial charge in [0.05, 0.1) is 23.9 Å². The Morgan fingerprint density at radius 3 is 2.52 bits per heavy atom. The zero-order chi connectivity index (χ0) is 18.4. The van der Waals surface area contributed by atoms with Gasteiger partial charge < -0.3 is 19.2 Å². The maximum absolute atomic E-state index is 12.4. The fourth-order valence-corrected chi connectivity index (χ4v) is 2.45. The molecule has 134 valence electrons. The van der Waals surface area contributed by atoms with Crippen LogP contribution in [0, 0.1) is 6.92 Å². The number of benzene rings is 1. The topological polar surface area (TPSA) is 77.8 Å². The monoisotopic (exact) mass is 365 g/mol. The first kappa shape index (κ1) is 18.9. The van der Waals surface area contributed by atoms with Crippen molar-refractivity contribution in [2.75, 3.05) is 18.5 Å². The van der Waals surface area contributed by atoms with Gasteiger partial charge in [-0.25, -0.2) is 9.59 Å². The molecule has 0 aliphatic rings. The number of carbonyl (C=O) groups is 2. The average molecular weight is 366 g/mol. The number of furan rings is 1. The zero-order valence-corrected chi connectivity index (χ0v) is 15.1. The van der Waals surface area contributed by atoms with Crippen LogP contribution in [0.5, 0.6) is 0 Å². The van der Waals surface area contributed by atoms with Gasteiger partial charge in [0.1, 0.15) is 17.1 Å². The van der Waals surface area contributed by atoms with Gasteiger partial charge in [0.2, 0.25) is 0 Å². The number of aryl methyl sites for hydroxylation is 1. The van der Waals surface area contributed by atoms with E-state index in [9.17, 15) is 9.59 Å². The van der Waals surface area contributed by atoms with Crippen LogP contribution >= 0.6 is 11.6 Å². The van der Waals surface area contributed by atoms with Gasteiger partial charge in [-0.05, 0) is 39.0 Å². The van der Waals surface area contributed by atoms with Crippen molar-refractivity contribution >= 4 is 29.2 Å². The van der Waals surface area contributed by atoms with Gasteiger partial charge in [0.25, 0.3) is 0 Å². The summed E-state index contributed by atoms with van der Waals surface area (Å²) in [4.78, 5) is 24.3. The van der Waals surface area contributed by atoms with Gasteiger partial charge in [-0.2, -0.15) is 0 Å². The van der Waals surface area contributed by atoms with E-state index in [1.165, 1.54) is 6.07 Å². The molecule has 6 nitrogen and oxygen atoms in total. The highest BCUT2D eigenvalue weighted by molar-refractivity contribution is 6.33. The maximum atomic E-state index is 12.4. The summed E-state index contributed by atoms with van der Waals surface area (Å²) in [6.07, 6.45) is 0. The molecule has 2 aromatic rings. The van der Waals surface area contributed by atoms with Crippen LogP contribution in [-0.4, -0.2) is 25.2 Å². The molecule has 1 unspecified atom stereocenters. The molecule has 0 saturated heterocycles. The van der Waals surface area contributed by atoms with E-state index in [0.29, 0.717) is 16.5 Å². The lowest BCUT2D eigenvalue weighted by atomic mass is 10.1. The number of hydrogen-bond donors (Lipinski definition) is 1. The molecular formula is C18H20ClNO5. The Morgan fingerprint density at radius 2 is 1.88 bits per heavy atom. The number of rotatable bonds is 7. The number of esters is 2. The summed E-state index contributed by atoms with van der Waals surface area (Å²) in [5.74, 6) is -0.426. The molecule has 1 aromatic carbocycles. The quantitative estimate of drug-likeness (QED) is 0.743. The first-order valence-corrected chi connectivity index (χ1v) is 8.30. The van der Waals surface area contributed by atoms with E-state index in [0.717, 1.165) is 0 Å². The number of halogens is 1. The zero-order valence-electron chi connectivity index (χ0n) is 14.3. The SMILES string of the molecule is CCOC(=O)c1cc(C(Nc2ccccc2Cl)C(=O)OCC)oc1C. The van der Waals surface area contributed by atoms with Gasteiger partial charge in [-0.1, -0.05) is 23.7 Å². The highest BCUT2D eigenvalue weighted by Crippen LogP contribution is 2.29. The van der Waals surface area contributed by atoms with Gasteiger partial charge in [-0.15, -0.1) is 0 Å². The van der Waals surface area contributed by atoms with Crippen LogP contribution in [0.4, 0.5) is 5.69 Å². The highest BCUT2D eigenvalue weighted by atomic mass is 35.5. The molecule has 0 spiro atoms. The van der Waals surface area contributed by atoms with Crippen LogP contribution in [-0.2, 0) is 14.3 Å². The molecule has 0 fully saturated rings. The minimum atomic E-state index is -0.943. The van der Waals surface area contributed by atoms with Gasteiger partial charge >= 0.3 is 11.9 Å². The molecule has 0 amide bonds. The second-order valence-electron chi connectivity index (χ2n) is 5.15. The summed E-state index contributed by atoms with van der Waals surface area (Å²) in [5.41, 5.74) is 0.820. The second-order valence-corrected chi connectivity index (χ2v) is 5.56. The van der Waals surface area contributed by atoms with Crippen LogP contribution in [0.3, 0.4) is 0 Å². The molecule has 0 radical (unpaired) electrons. The van der Waals surface area contributed by atoms with E-state index in [1.54, 1.807) is 45.0 Å². The molecule has 0 aliphatic heterocycles. The molecule has 2 rings (SSSR count). The molecule has 0 bridgehead atoms. The van der Waals surface area contributed by atoms with E-state index in [2.05, 4.69) is 5.32 Å². The summed E-state index contributed by atoms with van der Waals surface area (Å²) in [5, 5.41) is 3.46. The summed E-state index contributed by atoms with van der Waals surface area (Å²) < 4.78 is 15.7. The number of para-hydroxylation sites is 1. The standard InChI is InChI=1S/C18H20ClNO5/c1-4-23-17(21)12-10-15(25-11(12)3)16(18(22)24-5-2)20-14-9-7-6-8-13(14)19/h6-10,16,20H,4-5H2,1-3H3. The molecule has 1 atom stereocenters. The molecule has 7 heteroatoms. The molecule has 0 saturated carbocycles. The number of nitrogens with one attached hydrogen (secondary N) is 1. The minimum Gasteiger partial charge on any atom is -0.464 e. The van der Waals surface area contributed by atoms with Gasteiger partial charge in [-0.3, -0.25) is 0 Å². The van der Waals surface area contributed by atoms with Crippen molar-refractivity contribution in [3.63, 3.8) is 0 Å². The van der Waals surface area contributed by atoms with Crippen molar-refractivity contribution in [1.82, 2.24) is 0 Å². The van der Waals surface area contributed by atoms with Gasteiger partial charge in [0.15, 0.2) is 6.04 Å². The Labute approximate surface area is 151 Å². The second kappa shape index (κ2) is 8.58. The van der Waals surface area contributed by atoms with Crippen LogP contribution in [0.15, 0.2) is 34.7 Å². The minimum absolute atomic E-state index is 0.212. The third-order valence-electron chi connectivity index (χ3n) is 3.41. The molecule has 1 aromatic heterocycles. The van der Waals surface area contributed by atoms with E-state index in [4.69, 9.17) is 25.5 Å². The van der Waals surface area contributed by atoms with E-state index >= 15 is 0 Å². The van der Waals surface area contributed by atoms with Crippen molar-refractivity contribution in [3.05, 3.63) is 52.4 Å². The Bertz CT molecular complexity index is 756. The average Bonchev–Trinajstić information content (AvgIpc) is 2.96. The Balaban J connectivity index is 2.36. The Kier molecular flexibility index (Phi) is 6.47. The highest BCUT2D eigenvalue weighted by Gasteiger charge is 2.29. The first-order valence-electron chi connectivity index (χ1n) is 7.93. The predicted octanol–water partition coefficient (Wildman–Crippen LogP) is 4.13. The summed E-state index contributed by atoms with van der Waals surface area (Å²) in [6.45, 7) is 5.52. The fourth-order valence-electron chi connectivity index (χ4n) is 2.26. The van der Waals surface area contributed by atoms with Crippen LogP contribution < -0.4 is 5.32 Å². The van der Waals surface area contributed by atoms with E-state index < -0.39 is 18.0 Å². The largest absolute Gasteiger partial charge is 0.464 e. The van der Waals surface area contributed by atoms with Crippen LogP contribution in [0.2, 0.25) is 5.02 Å². The summed E-state index contributed by atoms with van der Waals surface area (Å²) >= 11 is 6.15. The Hall–Kier alpha value is -2.47. The molecular weight excluding hydrogens is 346 g/mol. The number of hydrogen-bond acceptors (Lipinski definition) is 6. The van der Waals surface area contributed by atoms with Crippen molar-refractivity contribution < 1.29 is 23.5 Å². The Morgan fingerprint density at radius 1 is 1.20 bits per heavy atom. The molecule has 1 N–H and O–H groups in total. The maximum Gasteiger partial charge on any atom is 0.341 e. The number of anilines is 1.